The summed E-state index contributed by atoms with van der Waals surface area (Å²) in [6.45, 7) is 0.307. The molecule has 122 valence electrons. The van der Waals surface area contributed by atoms with Gasteiger partial charge in [0.15, 0.2) is 0 Å². The number of nitrogens with one attached hydrogen (secondary N) is 1. The summed E-state index contributed by atoms with van der Waals surface area (Å²) in [5.41, 5.74) is 1.78. The number of fused-ring (bicyclic) bond motifs is 1. The summed E-state index contributed by atoms with van der Waals surface area (Å²) < 4.78 is 6.54. The van der Waals surface area contributed by atoms with Crippen LogP contribution in [0.1, 0.15) is 16.1 Å². The Morgan fingerprint density at radius 3 is 2.79 bits per heavy atom. The number of rotatable bonds is 4. The fourth-order valence-electron chi connectivity index (χ4n) is 2.53. The van der Waals surface area contributed by atoms with E-state index in [1.54, 1.807) is 32.4 Å². The van der Waals surface area contributed by atoms with E-state index in [0.717, 1.165) is 16.5 Å². The van der Waals surface area contributed by atoms with Gasteiger partial charge in [0, 0.05) is 31.1 Å². The predicted molar refractivity (Wildman–Crippen MR) is 91.1 cm³/mol. The molecule has 6 nitrogen and oxygen atoms in total. The molecule has 0 bridgehead atoms. The minimum atomic E-state index is -0.310. The van der Waals surface area contributed by atoms with Crippen LogP contribution in [0.25, 0.3) is 10.9 Å². The van der Waals surface area contributed by atoms with Crippen LogP contribution in [-0.2, 0) is 13.6 Å². The van der Waals surface area contributed by atoms with E-state index < -0.39 is 0 Å². The number of hydrogen-bond donors (Lipinski definition) is 1. The molecule has 0 atom stereocenters. The number of benzene rings is 1. The standard InChI is InChI=1S/C18H17N3O3/c1-21-15(8-5-9-17(21)22)18(23)19-11-12-10-16(24-2)20-14-7-4-3-6-13(12)14/h3-10H,11H2,1-2H3,(H,19,23). The molecule has 24 heavy (non-hydrogen) atoms. The summed E-state index contributed by atoms with van der Waals surface area (Å²) in [4.78, 5) is 28.4. The van der Waals surface area contributed by atoms with Gasteiger partial charge in [-0.25, -0.2) is 4.98 Å². The molecular weight excluding hydrogens is 306 g/mol. The van der Waals surface area contributed by atoms with Crippen molar-refractivity contribution in [1.29, 1.82) is 0 Å². The molecule has 0 radical (unpaired) electrons. The van der Waals surface area contributed by atoms with Gasteiger partial charge in [-0.1, -0.05) is 24.3 Å². The number of pyridine rings is 2. The van der Waals surface area contributed by atoms with Crippen molar-refractivity contribution in [3.05, 3.63) is 70.1 Å². The lowest BCUT2D eigenvalue weighted by Gasteiger charge is -2.11. The Balaban J connectivity index is 1.89. The van der Waals surface area contributed by atoms with Crippen molar-refractivity contribution in [1.82, 2.24) is 14.9 Å². The topological polar surface area (TPSA) is 73.2 Å². The van der Waals surface area contributed by atoms with E-state index in [1.165, 1.54) is 10.6 Å². The molecule has 3 aromatic rings. The van der Waals surface area contributed by atoms with E-state index in [-0.39, 0.29) is 11.5 Å². The van der Waals surface area contributed by atoms with Crippen molar-refractivity contribution in [3.63, 3.8) is 0 Å². The van der Waals surface area contributed by atoms with Gasteiger partial charge in [-0.3, -0.25) is 9.59 Å². The van der Waals surface area contributed by atoms with Gasteiger partial charge in [-0.05, 0) is 17.7 Å². The van der Waals surface area contributed by atoms with Gasteiger partial charge >= 0.3 is 0 Å². The zero-order chi connectivity index (χ0) is 17.1. The minimum Gasteiger partial charge on any atom is -0.481 e. The third-order valence-electron chi connectivity index (χ3n) is 3.84. The zero-order valence-corrected chi connectivity index (χ0v) is 13.4. The number of ether oxygens (including phenoxy) is 1. The van der Waals surface area contributed by atoms with Gasteiger partial charge in [0.1, 0.15) is 5.69 Å². The molecule has 2 aromatic heterocycles. The van der Waals surface area contributed by atoms with Crippen LogP contribution in [0.5, 0.6) is 5.88 Å². The lowest BCUT2D eigenvalue weighted by molar-refractivity contribution is 0.0941. The van der Waals surface area contributed by atoms with Gasteiger partial charge < -0.3 is 14.6 Å². The maximum absolute atomic E-state index is 12.4. The number of aromatic nitrogens is 2. The van der Waals surface area contributed by atoms with Crippen LogP contribution in [0.2, 0.25) is 0 Å². The molecular formula is C18H17N3O3. The van der Waals surface area contributed by atoms with Gasteiger partial charge in [0.25, 0.3) is 11.5 Å². The molecule has 0 aliphatic carbocycles. The smallest absolute Gasteiger partial charge is 0.268 e. The second kappa shape index (κ2) is 6.54. The second-order valence-corrected chi connectivity index (χ2v) is 5.33. The Labute approximate surface area is 138 Å². The van der Waals surface area contributed by atoms with Crippen molar-refractivity contribution in [2.75, 3.05) is 7.11 Å². The van der Waals surface area contributed by atoms with E-state index in [2.05, 4.69) is 10.3 Å². The Morgan fingerprint density at radius 2 is 2.00 bits per heavy atom. The van der Waals surface area contributed by atoms with Crippen molar-refractivity contribution < 1.29 is 9.53 Å². The van der Waals surface area contributed by atoms with Crippen LogP contribution < -0.4 is 15.6 Å². The molecule has 1 aromatic carbocycles. The average molecular weight is 323 g/mol. The highest BCUT2D eigenvalue weighted by Gasteiger charge is 2.11. The van der Waals surface area contributed by atoms with Crippen molar-refractivity contribution >= 4 is 16.8 Å². The van der Waals surface area contributed by atoms with E-state index in [0.29, 0.717) is 18.1 Å². The van der Waals surface area contributed by atoms with Crippen LogP contribution in [0, 0.1) is 0 Å². The third-order valence-corrected chi connectivity index (χ3v) is 3.84. The molecule has 0 aliphatic rings. The number of hydrogen-bond acceptors (Lipinski definition) is 4. The van der Waals surface area contributed by atoms with Crippen molar-refractivity contribution in [3.8, 4) is 5.88 Å². The summed E-state index contributed by atoms with van der Waals surface area (Å²) in [5.74, 6) is 0.181. The van der Waals surface area contributed by atoms with E-state index >= 15 is 0 Å². The summed E-state index contributed by atoms with van der Waals surface area (Å²) in [6.07, 6.45) is 0. The monoisotopic (exact) mass is 323 g/mol. The summed E-state index contributed by atoms with van der Waals surface area (Å²) >= 11 is 0. The van der Waals surface area contributed by atoms with E-state index in [9.17, 15) is 9.59 Å². The van der Waals surface area contributed by atoms with E-state index in [4.69, 9.17) is 4.74 Å². The Hall–Kier alpha value is -3.15. The van der Waals surface area contributed by atoms with Gasteiger partial charge in [-0.15, -0.1) is 0 Å². The molecule has 0 aliphatic heterocycles. The zero-order valence-electron chi connectivity index (χ0n) is 13.4. The van der Waals surface area contributed by atoms with Gasteiger partial charge in [-0.2, -0.15) is 0 Å². The predicted octanol–water partition coefficient (Wildman–Crippen LogP) is 1.87. The fourth-order valence-corrected chi connectivity index (χ4v) is 2.53. The normalized spacial score (nSPS) is 10.6. The molecule has 0 saturated heterocycles. The van der Waals surface area contributed by atoms with E-state index in [1.807, 2.05) is 24.3 Å². The molecule has 3 rings (SSSR count). The highest BCUT2D eigenvalue weighted by Crippen LogP contribution is 2.21. The largest absolute Gasteiger partial charge is 0.481 e. The maximum atomic E-state index is 12.4. The number of methoxy groups -OCH3 is 1. The summed E-state index contributed by atoms with van der Waals surface area (Å²) in [6, 6.07) is 14.1. The quantitative estimate of drug-likeness (QED) is 0.795. The van der Waals surface area contributed by atoms with Crippen LogP contribution in [0.3, 0.4) is 0 Å². The fraction of sp³-hybridized carbons (Fsp3) is 0.167. The first-order valence-corrected chi connectivity index (χ1v) is 7.47. The Bertz CT molecular complexity index is 963. The Morgan fingerprint density at radius 1 is 1.21 bits per heavy atom. The maximum Gasteiger partial charge on any atom is 0.268 e. The van der Waals surface area contributed by atoms with Gasteiger partial charge in [0.05, 0.1) is 12.6 Å². The molecule has 6 heteroatoms. The van der Waals surface area contributed by atoms with Crippen molar-refractivity contribution in [2.45, 2.75) is 6.54 Å². The third kappa shape index (κ3) is 2.99. The molecule has 0 saturated carbocycles. The Kier molecular flexibility index (Phi) is 4.29. The first-order chi connectivity index (χ1) is 11.6. The molecule has 1 amide bonds. The molecule has 0 unspecified atom stereocenters. The number of para-hydroxylation sites is 1. The number of amides is 1. The number of carbonyl (C=O) groups is 1. The van der Waals surface area contributed by atoms with Crippen molar-refractivity contribution in [2.24, 2.45) is 7.05 Å². The first-order valence-electron chi connectivity index (χ1n) is 7.47. The van der Waals surface area contributed by atoms with Crippen LogP contribution in [0.15, 0.2) is 53.3 Å². The van der Waals surface area contributed by atoms with Crippen LogP contribution >= 0.6 is 0 Å². The molecule has 2 heterocycles. The highest BCUT2D eigenvalue weighted by atomic mass is 16.5. The summed E-state index contributed by atoms with van der Waals surface area (Å²) in [5, 5.41) is 3.79. The summed E-state index contributed by atoms with van der Waals surface area (Å²) in [7, 11) is 3.13. The SMILES string of the molecule is COc1cc(CNC(=O)c2cccc(=O)n2C)c2ccccc2n1. The van der Waals surface area contributed by atoms with Crippen LogP contribution in [-0.4, -0.2) is 22.6 Å². The first kappa shape index (κ1) is 15.7. The van der Waals surface area contributed by atoms with Crippen LogP contribution in [0.4, 0.5) is 0 Å². The molecule has 0 spiro atoms. The molecule has 1 N–H and O–H groups in total. The number of nitrogens with zero attached hydrogens (tertiary/aromatic N) is 2. The minimum absolute atomic E-state index is 0.223. The van der Waals surface area contributed by atoms with Gasteiger partial charge in [0.2, 0.25) is 5.88 Å². The molecule has 0 fully saturated rings. The second-order valence-electron chi connectivity index (χ2n) is 5.33. The lowest BCUT2D eigenvalue weighted by Crippen LogP contribution is -2.30. The lowest BCUT2D eigenvalue weighted by atomic mass is 10.1. The highest BCUT2D eigenvalue weighted by molar-refractivity contribution is 5.93. The average Bonchev–Trinajstić information content (AvgIpc) is 2.61. The number of carbonyl (C=O) groups excluding carboxylic acids is 1.